The SMILES string of the molecule is CN(Cc1ncc[nH]1)C(=O)c1ccc(CN2CCc3ccccc3C2)cc1. The van der Waals surface area contributed by atoms with Crippen molar-refractivity contribution >= 4 is 5.91 Å². The Morgan fingerprint density at radius 3 is 2.67 bits per heavy atom. The zero-order valence-corrected chi connectivity index (χ0v) is 15.6. The van der Waals surface area contributed by atoms with E-state index in [1.807, 2.05) is 12.1 Å². The Kier molecular flexibility index (Phi) is 5.03. The van der Waals surface area contributed by atoms with Crippen molar-refractivity contribution in [3.63, 3.8) is 0 Å². The van der Waals surface area contributed by atoms with Gasteiger partial charge in [0.05, 0.1) is 6.54 Å². The first-order chi connectivity index (χ1) is 13.2. The maximum absolute atomic E-state index is 12.6. The fraction of sp³-hybridized carbons (Fsp3) is 0.273. The smallest absolute Gasteiger partial charge is 0.253 e. The van der Waals surface area contributed by atoms with Crippen LogP contribution in [0.5, 0.6) is 0 Å². The number of H-pyrrole nitrogens is 1. The molecule has 5 nitrogen and oxygen atoms in total. The molecule has 0 saturated heterocycles. The van der Waals surface area contributed by atoms with Crippen molar-refractivity contribution in [3.05, 3.63) is 89.0 Å². The molecule has 1 amide bonds. The minimum Gasteiger partial charge on any atom is -0.347 e. The second-order valence-electron chi connectivity index (χ2n) is 7.12. The van der Waals surface area contributed by atoms with E-state index in [9.17, 15) is 4.79 Å². The van der Waals surface area contributed by atoms with Crippen LogP contribution in [-0.4, -0.2) is 39.3 Å². The van der Waals surface area contributed by atoms with E-state index in [-0.39, 0.29) is 5.91 Å². The molecule has 0 saturated carbocycles. The van der Waals surface area contributed by atoms with E-state index in [0.29, 0.717) is 12.1 Å². The Balaban J connectivity index is 1.37. The number of fused-ring (bicyclic) bond motifs is 1. The van der Waals surface area contributed by atoms with E-state index in [0.717, 1.165) is 31.9 Å². The molecule has 1 aromatic heterocycles. The molecule has 2 heterocycles. The largest absolute Gasteiger partial charge is 0.347 e. The number of rotatable bonds is 5. The second kappa shape index (κ2) is 7.76. The molecule has 4 rings (SSSR count). The van der Waals surface area contributed by atoms with Crippen molar-refractivity contribution < 1.29 is 4.79 Å². The number of benzene rings is 2. The van der Waals surface area contributed by atoms with Gasteiger partial charge in [0.2, 0.25) is 0 Å². The van der Waals surface area contributed by atoms with Gasteiger partial charge in [0.15, 0.2) is 0 Å². The second-order valence-corrected chi connectivity index (χ2v) is 7.12. The first-order valence-electron chi connectivity index (χ1n) is 9.31. The summed E-state index contributed by atoms with van der Waals surface area (Å²) in [5.74, 6) is 0.790. The monoisotopic (exact) mass is 360 g/mol. The Labute approximate surface area is 159 Å². The van der Waals surface area contributed by atoms with Crippen LogP contribution in [0.15, 0.2) is 60.9 Å². The number of carbonyl (C=O) groups is 1. The maximum Gasteiger partial charge on any atom is 0.253 e. The van der Waals surface area contributed by atoms with Crippen LogP contribution in [0.2, 0.25) is 0 Å². The Morgan fingerprint density at radius 2 is 1.93 bits per heavy atom. The predicted octanol–water partition coefficient (Wildman–Crippen LogP) is 3.24. The molecule has 1 N–H and O–H groups in total. The fourth-order valence-electron chi connectivity index (χ4n) is 3.60. The number of amides is 1. The van der Waals surface area contributed by atoms with E-state index in [1.54, 1.807) is 24.3 Å². The van der Waals surface area contributed by atoms with Crippen molar-refractivity contribution in [3.8, 4) is 0 Å². The van der Waals surface area contributed by atoms with Crippen molar-refractivity contribution in [2.75, 3.05) is 13.6 Å². The van der Waals surface area contributed by atoms with Gasteiger partial charge in [-0.2, -0.15) is 0 Å². The van der Waals surface area contributed by atoms with Crippen LogP contribution in [0.4, 0.5) is 0 Å². The standard InChI is InChI=1S/C22H24N4O/c1-25(16-21-23-11-12-24-21)22(27)19-8-6-17(7-9-19)14-26-13-10-18-4-2-3-5-20(18)15-26/h2-9,11-12H,10,13-16H2,1H3,(H,23,24). The average molecular weight is 360 g/mol. The van der Waals surface area contributed by atoms with Gasteiger partial charge < -0.3 is 9.88 Å². The number of hydrogen-bond donors (Lipinski definition) is 1. The summed E-state index contributed by atoms with van der Waals surface area (Å²) in [6.07, 6.45) is 4.56. The summed E-state index contributed by atoms with van der Waals surface area (Å²) in [6, 6.07) is 16.7. The van der Waals surface area contributed by atoms with E-state index >= 15 is 0 Å². The molecule has 3 aromatic rings. The summed E-state index contributed by atoms with van der Waals surface area (Å²) in [7, 11) is 1.80. The van der Waals surface area contributed by atoms with Crippen molar-refractivity contribution in [2.45, 2.75) is 26.1 Å². The van der Waals surface area contributed by atoms with Crippen LogP contribution in [-0.2, 0) is 26.1 Å². The van der Waals surface area contributed by atoms with E-state index in [1.165, 1.54) is 16.7 Å². The molecule has 5 heteroatoms. The molecule has 0 fully saturated rings. The van der Waals surface area contributed by atoms with Gasteiger partial charge in [-0.05, 0) is 35.2 Å². The van der Waals surface area contributed by atoms with Crippen LogP contribution < -0.4 is 0 Å². The number of carbonyl (C=O) groups excluding carboxylic acids is 1. The van der Waals surface area contributed by atoms with Gasteiger partial charge in [-0.15, -0.1) is 0 Å². The highest BCUT2D eigenvalue weighted by atomic mass is 16.2. The quantitative estimate of drug-likeness (QED) is 0.760. The summed E-state index contributed by atoms with van der Waals surface area (Å²) >= 11 is 0. The first kappa shape index (κ1) is 17.5. The molecule has 2 aromatic carbocycles. The number of aromatic amines is 1. The minimum absolute atomic E-state index is 0.00449. The minimum atomic E-state index is 0.00449. The van der Waals surface area contributed by atoms with Gasteiger partial charge in [0, 0.05) is 44.6 Å². The van der Waals surface area contributed by atoms with Crippen molar-refractivity contribution in [1.82, 2.24) is 19.8 Å². The molecule has 138 valence electrons. The zero-order chi connectivity index (χ0) is 18.6. The highest BCUT2D eigenvalue weighted by Gasteiger charge is 2.17. The van der Waals surface area contributed by atoms with Gasteiger partial charge in [-0.1, -0.05) is 36.4 Å². The highest BCUT2D eigenvalue weighted by Crippen LogP contribution is 2.20. The Morgan fingerprint density at radius 1 is 1.15 bits per heavy atom. The number of nitrogens with zero attached hydrogens (tertiary/aromatic N) is 3. The van der Waals surface area contributed by atoms with Crippen LogP contribution in [0, 0.1) is 0 Å². The fourth-order valence-corrected chi connectivity index (χ4v) is 3.60. The van der Waals surface area contributed by atoms with Gasteiger partial charge in [-0.25, -0.2) is 4.98 Å². The number of imidazole rings is 1. The summed E-state index contributed by atoms with van der Waals surface area (Å²) in [6.45, 7) is 3.44. The lowest BCUT2D eigenvalue weighted by molar-refractivity contribution is 0.0782. The number of nitrogens with one attached hydrogen (secondary N) is 1. The maximum atomic E-state index is 12.6. The third kappa shape index (κ3) is 4.09. The van der Waals surface area contributed by atoms with Crippen molar-refractivity contribution in [2.24, 2.45) is 0 Å². The third-order valence-corrected chi connectivity index (χ3v) is 5.11. The number of hydrogen-bond acceptors (Lipinski definition) is 3. The first-order valence-corrected chi connectivity index (χ1v) is 9.31. The van der Waals surface area contributed by atoms with E-state index in [2.05, 4.69) is 51.3 Å². The zero-order valence-electron chi connectivity index (χ0n) is 15.6. The third-order valence-electron chi connectivity index (χ3n) is 5.11. The lowest BCUT2D eigenvalue weighted by Crippen LogP contribution is -2.30. The molecule has 27 heavy (non-hydrogen) atoms. The van der Waals surface area contributed by atoms with Gasteiger partial charge >= 0.3 is 0 Å². The molecule has 0 spiro atoms. The van der Waals surface area contributed by atoms with Gasteiger partial charge in [-0.3, -0.25) is 9.69 Å². The van der Waals surface area contributed by atoms with E-state index < -0.39 is 0 Å². The van der Waals surface area contributed by atoms with E-state index in [4.69, 9.17) is 0 Å². The molecule has 0 unspecified atom stereocenters. The lowest BCUT2D eigenvalue weighted by atomic mass is 9.99. The van der Waals surface area contributed by atoms with Crippen LogP contribution in [0.3, 0.4) is 0 Å². The molecular formula is C22H24N4O. The molecule has 0 bridgehead atoms. The summed E-state index contributed by atoms with van der Waals surface area (Å²) in [5, 5.41) is 0. The van der Waals surface area contributed by atoms with Crippen LogP contribution in [0.25, 0.3) is 0 Å². The summed E-state index contributed by atoms with van der Waals surface area (Å²) < 4.78 is 0. The topological polar surface area (TPSA) is 52.2 Å². The highest BCUT2D eigenvalue weighted by molar-refractivity contribution is 5.94. The summed E-state index contributed by atoms with van der Waals surface area (Å²) in [4.78, 5) is 23.9. The molecule has 0 atom stereocenters. The van der Waals surface area contributed by atoms with Crippen LogP contribution in [0.1, 0.15) is 32.9 Å². The Hall–Kier alpha value is -2.92. The van der Waals surface area contributed by atoms with Gasteiger partial charge in [0.25, 0.3) is 5.91 Å². The predicted molar refractivity (Wildman–Crippen MR) is 105 cm³/mol. The van der Waals surface area contributed by atoms with Crippen LogP contribution >= 0.6 is 0 Å². The molecule has 1 aliphatic rings. The number of aromatic nitrogens is 2. The normalized spacial score (nSPS) is 14.0. The Bertz CT molecular complexity index is 902. The van der Waals surface area contributed by atoms with Crippen molar-refractivity contribution in [1.29, 1.82) is 0 Å². The molecular weight excluding hydrogens is 336 g/mol. The average Bonchev–Trinajstić information content (AvgIpc) is 3.21. The molecule has 1 aliphatic heterocycles. The summed E-state index contributed by atoms with van der Waals surface area (Å²) in [5.41, 5.74) is 4.83. The van der Waals surface area contributed by atoms with Gasteiger partial charge in [0.1, 0.15) is 5.82 Å². The lowest BCUT2D eigenvalue weighted by Gasteiger charge is -2.28. The molecule has 0 aliphatic carbocycles. The molecule has 0 radical (unpaired) electrons.